The van der Waals surface area contributed by atoms with E-state index in [2.05, 4.69) is 6.07 Å². The van der Waals surface area contributed by atoms with Crippen molar-refractivity contribution in [2.45, 2.75) is 50.0 Å². The van der Waals surface area contributed by atoms with E-state index in [4.69, 9.17) is 17.3 Å². The van der Waals surface area contributed by atoms with Gasteiger partial charge >= 0.3 is 0 Å². The zero-order valence-electron chi connectivity index (χ0n) is 11.0. The first-order chi connectivity index (χ1) is 8.66. The molecule has 18 heavy (non-hydrogen) atoms. The Morgan fingerprint density at radius 1 is 1.39 bits per heavy atom. The maximum absolute atomic E-state index is 6.34. The van der Waals surface area contributed by atoms with Crippen LogP contribution in [-0.4, -0.2) is 11.8 Å². The fourth-order valence-corrected chi connectivity index (χ4v) is 4.24. The van der Waals surface area contributed by atoms with Crippen LogP contribution in [0.5, 0.6) is 0 Å². The first kappa shape index (κ1) is 14.2. The molecule has 2 N–H and O–H groups in total. The van der Waals surface area contributed by atoms with Gasteiger partial charge in [-0.1, -0.05) is 36.6 Å². The second-order valence-corrected chi connectivity index (χ2v) is 6.81. The number of thioether (sulfide) groups is 1. The van der Waals surface area contributed by atoms with Gasteiger partial charge in [-0.05, 0) is 43.7 Å². The third-order valence-corrected chi connectivity index (χ3v) is 5.36. The van der Waals surface area contributed by atoms with Crippen molar-refractivity contribution in [1.82, 2.24) is 0 Å². The number of rotatable bonds is 5. The maximum atomic E-state index is 6.34. The second-order valence-electron chi connectivity index (χ2n) is 5.37. The topological polar surface area (TPSA) is 26.0 Å². The molecule has 1 fully saturated rings. The first-order valence-corrected chi connectivity index (χ1v) is 8.19. The lowest BCUT2D eigenvalue weighted by Crippen LogP contribution is -2.18. The summed E-state index contributed by atoms with van der Waals surface area (Å²) in [5.41, 5.74) is 7.22. The molecule has 1 saturated carbocycles. The Morgan fingerprint density at radius 2 is 2.11 bits per heavy atom. The van der Waals surface area contributed by atoms with Crippen molar-refractivity contribution in [2.75, 3.05) is 5.75 Å². The van der Waals surface area contributed by atoms with E-state index in [-0.39, 0.29) is 6.04 Å². The molecule has 1 aromatic carbocycles. The lowest BCUT2D eigenvalue weighted by molar-refractivity contribution is 0.623. The normalized spacial score (nSPS) is 18.2. The highest BCUT2D eigenvalue weighted by atomic mass is 35.5. The summed E-state index contributed by atoms with van der Waals surface area (Å²) in [5.74, 6) is 2.09. The second kappa shape index (κ2) is 6.83. The molecule has 1 aromatic rings. The van der Waals surface area contributed by atoms with E-state index in [9.17, 15) is 0 Å². The highest BCUT2D eigenvalue weighted by Gasteiger charge is 2.17. The molecular weight excluding hydrogens is 262 g/mol. The number of benzene rings is 1. The van der Waals surface area contributed by atoms with Gasteiger partial charge in [-0.25, -0.2) is 0 Å². The molecule has 0 heterocycles. The van der Waals surface area contributed by atoms with E-state index >= 15 is 0 Å². The molecule has 1 aliphatic rings. The summed E-state index contributed by atoms with van der Waals surface area (Å²) >= 11 is 8.26. The molecule has 0 radical (unpaired) electrons. The van der Waals surface area contributed by atoms with Crippen LogP contribution in [0.2, 0.25) is 5.02 Å². The Morgan fingerprint density at radius 3 is 2.78 bits per heavy atom. The van der Waals surface area contributed by atoms with Crippen molar-refractivity contribution in [3.05, 3.63) is 28.8 Å². The van der Waals surface area contributed by atoms with Gasteiger partial charge in [-0.2, -0.15) is 0 Å². The van der Waals surface area contributed by atoms with Crippen LogP contribution < -0.4 is 5.73 Å². The van der Waals surface area contributed by atoms with Crippen molar-refractivity contribution in [3.63, 3.8) is 0 Å². The van der Waals surface area contributed by atoms with Gasteiger partial charge in [-0.15, -0.1) is 11.8 Å². The Kier molecular flexibility index (Phi) is 5.40. The molecule has 0 saturated heterocycles. The van der Waals surface area contributed by atoms with Crippen molar-refractivity contribution in [3.8, 4) is 0 Å². The Hall–Kier alpha value is -0.180. The van der Waals surface area contributed by atoms with Crippen LogP contribution in [0.1, 0.15) is 38.2 Å². The van der Waals surface area contributed by atoms with Gasteiger partial charge in [0.1, 0.15) is 0 Å². The van der Waals surface area contributed by atoms with Crippen molar-refractivity contribution in [1.29, 1.82) is 0 Å². The Balaban J connectivity index is 2.04. The average molecular weight is 284 g/mol. The molecule has 0 spiro atoms. The zero-order valence-corrected chi connectivity index (χ0v) is 12.6. The summed E-state index contributed by atoms with van der Waals surface area (Å²) in [5, 5.41) is 0.885. The molecule has 0 bridgehead atoms. The predicted molar refractivity (Wildman–Crippen MR) is 81.5 cm³/mol. The third kappa shape index (κ3) is 3.91. The van der Waals surface area contributed by atoms with Gasteiger partial charge in [0, 0.05) is 16.7 Å². The van der Waals surface area contributed by atoms with Crippen molar-refractivity contribution in [2.24, 2.45) is 11.7 Å². The molecule has 0 amide bonds. The van der Waals surface area contributed by atoms with Crippen molar-refractivity contribution >= 4 is 23.4 Å². The fourth-order valence-electron chi connectivity index (χ4n) is 2.60. The quantitative estimate of drug-likeness (QED) is 0.805. The van der Waals surface area contributed by atoms with Gasteiger partial charge in [-0.3, -0.25) is 0 Å². The number of hydrogen-bond donors (Lipinski definition) is 1. The standard InChI is InChI=1S/C15H22ClNS/c1-11(17)9-13-7-4-8-14(16)15(13)18-10-12-5-2-3-6-12/h4,7-8,11-12H,2-3,5-6,9-10,17H2,1H3. The monoisotopic (exact) mass is 283 g/mol. The molecule has 1 unspecified atom stereocenters. The first-order valence-electron chi connectivity index (χ1n) is 6.82. The third-order valence-electron chi connectivity index (χ3n) is 3.53. The summed E-state index contributed by atoms with van der Waals surface area (Å²) in [6.07, 6.45) is 6.49. The fraction of sp³-hybridized carbons (Fsp3) is 0.600. The highest BCUT2D eigenvalue weighted by Crippen LogP contribution is 2.36. The molecule has 1 atom stereocenters. The summed E-state index contributed by atoms with van der Waals surface area (Å²) in [4.78, 5) is 1.25. The number of hydrogen-bond acceptors (Lipinski definition) is 2. The molecule has 1 nitrogen and oxygen atoms in total. The van der Waals surface area contributed by atoms with Gasteiger partial charge in [0.25, 0.3) is 0 Å². The zero-order chi connectivity index (χ0) is 13.0. The van der Waals surface area contributed by atoms with E-state index < -0.39 is 0 Å². The maximum Gasteiger partial charge on any atom is 0.0544 e. The number of nitrogens with two attached hydrogens (primary N) is 1. The summed E-state index contributed by atoms with van der Waals surface area (Å²) in [6.45, 7) is 2.05. The van der Waals surface area contributed by atoms with E-state index in [1.807, 2.05) is 30.8 Å². The van der Waals surface area contributed by atoms with Crippen LogP contribution in [0.25, 0.3) is 0 Å². The van der Waals surface area contributed by atoms with Gasteiger partial charge in [0.05, 0.1) is 5.02 Å². The van der Waals surface area contributed by atoms with Crippen LogP contribution in [-0.2, 0) is 6.42 Å². The SMILES string of the molecule is CC(N)Cc1cccc(Cl)c1SCC1CCCC1. The van der Waals surface area contributed by atoms with Gasteiger partial charge in [0.15, 0.2) is 0 Å². The molecule has 0 aromatic heterocycles. The van der Waals surface area contributed by atoms with Crippen LogP contribution in [0.15, 0.2) is 23.1 Å². The molecule has 0 aliphatic heterocycles. The number of halogens is 1. The lowest BCUT2D eigenvalue weighted by Gasteiger charge is -2.15. The largest absolute Gasteiger partial charge is 0.328 e. The minimum absolute atomic E-state index is 0.189. The minimum Gasteiger partial charge on any atom is -0.328 e. The smallest absolute Gasteiger partial charge is 0.0544 e. The molecule has 2 rings (SSSR count). The molecular formula is C15H22ClNS. The average Bonchev–Trinajstić information content (AvgIpc) is 2.80. The highest BCUT2D eigenvalue weighted by molar-refractivity contribution is 7.99. The Labute approximate surface area is 119 Å². The molecule has 1 aliphatic carbocycles. The van der Waals surface area contributed by atoms with E-state index in [0.29, 0.717) is 0 Å². The van der Waals surface area contributed by atoms with Gasteiger partial charge in [0.2, 0.25) is 0 Å². The Bertz CT molecular complexity index is 386. The van der Waals surface area contributed by atoms with Crippen LogP contribution in [0, 0.1) is 5.92 Å². The van der Waals surface area contributed by atoms with Crippen molar-refractivity contribution < 1.29 is 0 Å². The van der Waals surface area contributed by atoms with E-state index in [0.717, 1.165) is 17.4 Å². The van der Waals surface area contributed by atoms with Crippen LogP contribution >= 0.6 is 23.4 Å². The summed E-state index contributed by atoms with van der Waals surface area (Å²) in [6, 6.07) is 6.36. The van der Waals surface area contributed by atoms with Gasteiger partial charge < -0.3 is 5.73 Å². The van der Waals surface area contributed by atoms with Crippen LogP contribution in [0.4, 0.5) is 0 Å². The summed E-state index contributed by atoms with van der Waals surface area (Å²) in [7, 11) is 0. The van der Waals surface area contributed by atoms with Crippen LogP contribution in [0.3, 0.4) is 0 Å². The van der Waals surface area contributed by atoms with E-state index in [1.54, 1.807) is 0 Å². The molecule has 3 heteroatoms. The summed E-state index contributed by atoms with van der Waals surface area (Å²) < 4.78 is 0. The molecule has 100 valence electrons. The minimum atomic E-state index is 0.189. The lowest BCUT2D eigenvalue weighted by atomic mass is 10.1. The predicted octanol–water partition coefficient (Wildman–Crippen LogP) is 4.51. The van der Waals surface area contributed by atoms with E-state index in [1.165, 1.54) is 41.9 Å².